The molecule has 0 spiro atoms. The van der Waals surface area contributed by atoms with Crippen LogP contribution < -0.4 is 10.1 Å². The molecule has 3 heterocycles. The van der Waals surface area contributed by atoms with Gasteiger partial charge in [-0.05, 0) is 50.3 Å². The second-order valence-electron chi connectivity index (χ2n) is 7.33. The third-order valence-electron chi connectivity index (χ3n) is 5.20. The Labute approximate surface area is 162 Å². The van der Waals surface area contributed by atoms with Crippen molar-refractivity contribution in [2.24, 2.45) is 5.92 Å². The van der Waals surface area contributed by atoms with Gasteiger partial charge in [0.15, 0.2) is 5.65 Å². The molecule has 1 aliphatic rings. The number of aryl methyl sites for hydroxylation is 2. The number of fused-ring (bicyclic) bond motifs is 1. The number of pyridine rings is 1. The second kappa shape index (κ2) is 7.20. The molecule has 0 aliphatic heterocycles. The smallest absolute Gasteiger partial charge is 0.270 e. The summed E-state index contributed by atoms with van der Waals surface area (Å²) in [6, 6.07) is 5.16. The quantitative estimate of drug-likeness (QED) is 0.701. The summed E-state index contributed by atoms with van der Waals surface area (Å²) in [6.45, 7) is 3.78. The average molecular weight is 381 g/mol. The van der Waals surface area contributed by atoms with E-state index in [0.29, 0.717) is 29.9 Å². The second-order valence-corrected chi connectivity index (χ2v) is 7.33. The summed E-state index contributed by atoms with van der Waals surface area (Å²) in [4.78, 5) is 21.7. The Morgan fingerprint density at radius 2 is 2.07 bits per heavy atom. The van der Waals surface area contributed by atoms with Crippen LogP contribution in [0, 0.1) is 19.8 Å². The van der Waals surface area contributed by atoms with E-state index >= 15 is 0 Å². The molecule has 8 nitrogen and oxygen atoms in total. The van der Waals surface area contributed by atoms with Crippen molar-refractivity contribution in [3.63, 3.8) is 0 Å². The number of methoxy groups -OCH3 is 1. The minimum Gasteiger partial charge on any atom is -0.495 e. The number of aromatic nitrogens is 4. The first-order valence-corrected chi connectivity index (χ1v) is 9.26. The molecular formula is C20H23N5O3. The van der Waals surface area contributed by atoms with E-state index in [2.05, 4.69) is 20.4 Å². The highest BCUT2D eigenvalue weighted by molar-refractivity contribution is 5.93. The van der Waals surface area contributed by atoms with E-state index in [1.165, 1.54) is 0 Å². The van der Waals surface area contributed by atoms with Gasteiger partial charge in [0.1, 0.15) is 11.4 Å². The maximum atomic E-state index is 13.0. The third-order valence-corrected chi connectivity index (χ3v) is 5.20. The molecule has 0 saturated heterocycles. The molecule has 4 rings (SSSR count). The summed E-state index contributed by atoms with van der Waals surface area (Å²) >= 11 is 0. The number of nitrogens with zero attached hydrogens (tertiary/aromatic N) is 4. The zero-order valence-electron chi connectivity index (χ0n) is 16.1. The molecule has 0 radical (unpaired) electrons. The fraction of sp³-hybridized carbons (Fsp3) is 0.400. The molecule has 0 unspecified atom stereocenters. The monoisotopic (exact) mass is 381 g/mol. The molecule has 1 saturated carbocycles. The van der Waals surface area contributed by atoms with Gasteiger partial charge in [-0.3, -0.25) is 9.78 Å². The Kier molecular flexibility index (Phi) is 4.72. The summed E-state index contributed by atoms with van der Waals surface area (Å²) in [7, 11) is 1.58. The normalized spacial score (nSPS) is 19.9. The molecule has 28 heavy (non-hydrogen) atoms. The molecule has 8 heteroatoms. The zero-order chi connectivity index (χ0) is 19.8. The van der Waals surface area contributed by atoms with E-state index in [1.54, 1.807) is 30.1 Å². The number of hydrogen-bond donors (Lipinski definition) is 2. The van der Waals surface area contributed by atoms with Crippen LogP contribution in [0.4, 0.5) is 0 Å². The van der Waals surface area contributed by atoms with Crippen LogP contribution in [0.15, 0.2) is 30.6 Å². The maximum Gasteiger partial charge on any atom is 0.270 e. The summed E-state index contributed by atoms with van der Waals surface area (Å²) < 4.78 is 6.99. The number of hydrogen-bond acceptors (Lipinski definition) is 6. The van der Waals surface area contributed by atoms with E-state index in [-0.39, 0.29) is 24.0 Å². The molecule has 1 atom stereocenters. The lowest BCUT2D eigenvalue weighted by atomic mass is 9.75. The Hall–Kier alpha value is -3.00. The fourth-order valence-electron chi connectivity index (χ4n) is 3.66. The van der Waals surface area contributed by atoms with Crippen molar-refractivity contribution >= 4 is 11.6 Å². The van der Waals surface area contributed by atoms with Crippen LogP contribution in [-0.2, 0) is 0 Å². The molecule has 0 bridgehead atoms. The lowest BCUT2D eigenvalue weighted by Crippen LogP contribution is -2.41. The first-order chi connectivity index (χ1) is 13.4. The van der Waals surface area contributed by atoms with Crippen molar-refractivity contribution in [2.45, 2.75) is 38.8 Å². The number of rotatable bonds is 5. The average Bonchev–Trinajstić information content (AvgIpc) is 3.04. The van der Waals surface area contributed by atoms with Gasteiger partial charge in [-0.25, -0.2) is 9.50 Å². The first kappa shape index (κ1) is 18.4. The van der Waals surface area contributed by atoms with E-state index in [9.17, 15) is 9.90 Å². The number of nitrogens with one attached hydrogen (secondary N) is 1. The minimum absolute atomic E-state index is 0.134. The van der Waals surface area contributed by atoms with Crippen LogP contribution in [0.25, 0.3) is 5.65 Å². The number of carbonyl (C=O) groups is 1. The lowest BCUT2D eigenvalue weighted by Gasteiger charge is -2.38. The maximum absolute atomic E-state index is 13.0. The van der Waals surface area contributed by atoms with E-state index in [0.717, 1.165) is 17.0 Å². The Morgan fingerprint density at radius 3 is 2.79 bits per heavy atom. The van der Waals surface area contributed by atoms with Gasteiger partial charge >= 0.3 is 0 Å². The minimum atomic E-state index is -0.325. The van der Waals surface area contributed by atoms with Crippen molar-refractivity contribution in [3.05, 3.63) is 53.2 Å². The van der Waals surface area contributed by atoms with E-state index in [1.807, 2.05) is 26.0 Å². The largest absolute Gasteiger partial charge is 0.495 e. The molecule has 1 amide bonds. The van der Waals surface area contributed by atoms with E-state index in [4.69, 9.17) is 4.74 Å². The Morgan fingerprint density at radius 1 is 1.29 bits per heavy atom. The SMILES string of the molecule is COc1cncc([C@@H](NC(=O)c2cc(C)n3nc(C)cc3n2)C2CC(O)C2)c1. The Balaban J connectivity index is 1.63. The molecule has 146 valence electrons. The molecule has 2 N–H and O–H groups in total. The van der Waals surface area contributed by atoms with Gasteiger partial charge < -0.3 is 15.2 Å². The van der Waals surface area contributed by atoms with Crippen molar-refractivity contribution in [2.75, 3.05) is 7.11 Å². The van der Waals surface area contributed by atoms with Gasteiger partial charge in [-0.2, -0.15) is 5.10 Å². The van der Waals surface area contributed by atoms with Crippen LogP contribution >= 0.6 is 0 Å². The highest BCUT2D eigenvalue weighted by Crippen LogP contribution is 2.38. The zero-order valence-corrected chi connectivity index (χ0v) is 16.1. The number of amides is 1. The van der Waals surface area contributed by atoms with Gasteiger partial charge in [0.2, 0.25) is 0 Å². The van der Waals surface area contributed by atoms with Gasteiger partial charge in [0.25, 0.3) is 5.91 Å². The van der Waals surface area contributed by atoms with Crippen LogP contribution in [0.1, 0.15) is 46.3 Å². The van der Waals surface area contributed by atoms with Crippen LogP contribution in [0.5, 0.6) is 5.75 Å². The lowest BCUT2D eigenvalue weighted by molar-refractivity contribution is 0.0234. The molecule has 3 aromatic heterocycles. The molecule has 1 aliphatic carbocycles. The van der Waals surface area contributed by atoms with Crippen molar-refractivity contribution in [1.29, 1.82) is 0 Å². The summed E-state index contributed by atoms with van der Waals surface area (Å²) in [6.07, 6.45) is 4.29. The standard InChI is InChI=1S/C20H23N5O3/c1-11-4-18-22-17(5-12(2)25(18)24-11)20(27)23-19(13-6-15(26)7-13)14-8-16(28-3)10-21-9-14/h4-5,8-10,13,15,19,26H,6-7H2,1-3H3,(H,23,27)/t13?,15?,19-/m0/s1. The summed E-state index contributed by atoms with van der Waals surface area (Å²) in [5, 5.41) is 17.2. The highest BCUT2D eigenvalue weighted by Gasteiger charge is 2.36. The van der Waals surface area contributed by atoms with Gasteiger partial charge in [-0.15, -0.1) is 0 Å². The van der Waals surface area contributed by atoms with Crippen LogP contribution in [0.3, 0.4) is 0 Å². The fourth-order valence-corrected chi connectivity index (χ4v) is 3.66. The predicted molar refractivity (Wildman–Crippen MR) is 102 cm³/mol. The molecule has 1 fully saturated rings. The van der Waals surface area contributed by atoms with Crippen molar-refractivity contribution < 1.29 is 14.6 Å². The van der Waals surface area contributed by atoms with Crippen LogP contribution in [0.2, 0.25) is 0 Å². The van der Waals surface area contributed by atoms with Crippen molar-refractivity contribution in [3.8, 4) is 5.75 Å². The third kappa shape index (κ3) is 3.43. The molecule has 0 aromatic carbocycles. The number of aliphatic hydroxyl groups excluding tert-OH is 1. The predicted octanol–water partition coefficient (Wildman–Crippen LogP) is 1.99. The topological polar surface area (TPSA) is 102 Å². The number of carbonyl (C=O) groups excluding carboxylic acids is 1. The molecule has 3 aromatic rings. The Bertz CT molecular complexity index is 1030. The van der Waals surface area contributed by atoms with Crippen molar-refractivity contribution in [1.82, 2.24) is 24.9 Å². The summed E-state index contributed by atoms with van der Waals surface area (Å²) in [5.41, 5.74) is 3.51. The van der Waals surface area contributed by atoms with Gasteiger partial charge in [0, 0.05) is 18.0 Å². The first-order valence-electron chi connectivity index (χ1n) is 9.26. The van der Waals surface area contributed by atoms with E-state index < -0.39 is 0 Å². The summed E-state index contributed by atoms with van der Waals surface area (Å²) in [5.74, 6) is 0.496. The van der Waals surface area contributed by atoms with Crippen LogP contribution in [-0.4, -0.2) is 43.8 Å². The van der Waals surface area contributed by atoms with Gasteiger partial charge in [-0.1, -0.05) is 0 Å². The molecular weight excluding hydrogens is 358 g/mol. The number of aliphatic hydroxyl groups is 1. The highest BCUT2D eigenvalue weighted by atomic mass is 16.5. The number of ether oxygens (including phenoxy) is 1. The van der Waals surface area contributed by atoms with Gasteiger partial charge in [0.05, 0.1) is 31.1 Å².